The third kappa shape index (κ3) is 5.48. The van der Waals surface area contributed by atoms with Gasteiger partial charge < -0.3 is 20.1 Å². The van der Waals surface area contributed by atoms with Crippen molar-refractivity contribution in [1.82, 2.24) is 0 Å². The van der Waals surface area contributed by atoms with Crippen molar-refractivity contribution in [2.45, 2.75) is 12.8 Å². The van der Waals surface area contributed by atoms with Gasteiger partial charge in [0.15, 0.2) is 11.5 Å². The Hall–Kier alpha value is -3.54. The van der Waals surface area contributed by atoms with Crippen LogP contribution in [0.15, 0.2) is 66.7 Å². The number of amides is 1. The number of hydrogen-bond acceptors (Lipinski definition) is 4. The molecule has 3 aromatic rings. The number of benzene rings is 3. The van der Waals surface area contributed by atoms with E-state index >= 15 is 0 Å². The molecule has 3 aromatic carbocycles. The van der Waals surface area contributed by atoms with Crippen LogP contribution in [0.1, 0.15) is 12.0 Å². The smallest absolute Gasteiger partial charge is 0.224 e. The molecule has 150 valence electrons. The molecule has 5 nitrogen and oxygen atoms in total. The largest absolute Gasteiger partial charge is 0.493 e. The van der Waals surface area contributed by atoms with E-state index in [1.165, 1.54) is 6.07 Å². The number of rotatable bonds is 8. The topological polar surface area (TPSA) is 59.6 Å². The number of halogens is 1. The minimum absolute atomic E-state index is 0.0883. The van der Waals surface area contributed by atoms with E-state index in [9.17, 15) is 9.18 Å². The van der Waals surface area contributed by atoms with Gasteiger partial charge in [0.1, 0.15) is 5.82 Å². The Morgan fingerprint density at radius 2 is 1.59 bits per heavy atom. The van der Waals surface area contributed by atoms with Gasteiger partial charge in [-0.15, -0.1) is 0 Å². The van der Waals surface area contributed by atoms with Crippen molar-refractivity contribution in [2.24, 2.45) is 0 Å². The zero-order valence-corrected chi connectivity index (χ0v) is 16.4. The molecule has 0 spiro atoms. The molecule has 2 N–H and O–H groups in total. The SMILES string of the molecule is COc1ccc(CCC(=O)Nc2ccc(Nc3ccccc3F)cc2)cc1OC. The third-order valence-corrected chi connectivity index (χ3v) is 4.41. The highest BCUT2D eigenvalue weighted by molar-refractivity contribution is 5.91. The molecule has 1 amide bonds. The third-order valence-electron chi connectivity index (χ3n) is 4.41. The van der Waals surface area contributed by atoms with E-state index < -0.39 is 0 Å². The van der Waals surface area contributed by atoms with Crippen molar-refractivity contribution in [2.75, 3.05) is 24.9 Å². The monoisotopic (exact) mass is 394 g/mol. The van der Waals surface area contributed by atoms with Crippen molar-refractivity contribution < 1.29 is 18.7 Å². The van der Waals surface area contributed by atoms with Crippen LogP contribution in [-0.4, -0.2) is 20.1 Å². The van der Waals surface area contributed by atoms with Crippen molar-refractivity contribution in [3.63, 3.8) is 0 Å². The number of carbonyl (C=O) groups excluding carboxylic acids is 1. The van der Waals surface area contributed by atoms with Crippen molar-refractivity contribution in [1.29, 1.82) is 0 Å². The second-order valence-corrected chi connectivity index (χ2v) is 6.42. The van der Waals surface area contributed by atoms with Gasteiger partial charge in [0.2, 0.25) is 5.91 Å². The highest BCUT2D eigenvalue weighted by atomic mass is 19.1. The first-order valence-electron chi connectivity index (χ1n) is 9.21. The van der Waals surface area contributed by atoms with Crippen molar-refractivity contribution >= 4 is 23.0 Å². The first-order valence-corrected chi connectivity index (χ1v) is 9.21. The minimum Gasteiger partial charge on any atom is -0.493 e. The highest BCUT2D eigenvalue weighted by Gasteiger charge is 2.08. The second kappa shape index (κ2) is 9.59. The number of ether oxygens (including phenoxy) is 2. The summed E-state index contributed by atoms with van der Waals surface area (Å²) in [6.07, 6.45) is 0.920. The van der Waals surface area contributed by atoms with Crippen LogP contribution >= 0.6 is 0 Å². The van der Waals surface area contributed by atoms with Gasteiger partial charge in [0.05, 0.1) is 19.9 Å². The average molecular weight is 394 g/mol. The summed E-state index contributed by atoms with van der Waals surface area (Å²) in [4.78, 5) is 12.3. The zero-order chi connectivity index (χ0) is 20.6. The quantitative estimate of drug-likeness (QED) is 0.554. The lowest BCUT2D eigenvalue weighted by molar-refractivity contribution is -0.116. The number of aryl methyl sites for hydroxylation is 1. The van der Waals surface area contributed by atoms with Crippen LogP contribution in [0.5, 0.6) is 11.5 Å². The van der Waals surface area contributed by atoms with E-state index in [4.69, 9.17) is 9.47 Å². The van der Waals surface area contributed by atoms with E-state index in [1.54, 1.807) is 56.7 Å². The number of anilines is 3. The number of methoxy groups -OCH3 is 2. The molecule has 0 aliphatic rings. The first-order chi connectivity index (χ1) is 14.1. The average Bonchev–Trinajstić information content (AvgIpc) is 2.75. The fourth-order valence-electron chi connectivity index (χ4n) is 2.87. The molecular formula is C23H23FN2O3. The highest BCUT2D eigenvalue weighted by Crippen LogP contribution is 2.28. The lowest BCUT2D eigenvalue weighted by atomic mass is 10.1. The maximum atomic E-state index is 13.7. The fourth-order valence-corrected chi connectivity index (χ4v) is 2.87. The summed E-state index contributed by atoms with van der Waals surface area (Å²) in [7, 11) is 3.17. The molecule has 0 atom stereocenters. The normalized spacial score (nSPS) is 10.3. The number of hydrogen-bond donors (Lipinski definition) is 2. The van der Waals surface area contributed by atoms with Gasteiger partial charge in [0.25, 0.3) is 0 Å². The van der Waals surface area contributed by atoms with Gasteiger partial charge in [-0.25, -0.2) is 4.39 Å². The minimum atomic E-state index is -0.319. The summed E-state index contributed by atoms with van der Waals surface area (Å²) in [5, 5.41) is 5.88. The summed E-state index contributed by atoms with van der Waals surface area (Å²) in [5.41, 5.74) is 2.81. The molecule has 0 aliphatic heterocycles. The van der Waals surface area contributed by atoms with E-state index in [2.05, 4.69) is 10.6 Å². The molecule has 29 heavy (non-hydrogen) atoms. The fraction of sp³-hybridized carbons (Fsp3) is 0.174. The van der Waals surface area contributed by atoms with E-state index in [0.717, 1.165) is 11.3 Å². The Morgan fingerprint density at radius 3 is 2.28 bits per heavy atom. The van der Waals surface area contributed by atoms with E-state index in [1.807, 2.05) is 18.2 Å². The molecule has 0 bridgehead atoms. The summed E-state index contributed by atoms with van der Waals surface area (Å²) in [6.45, 7) is 0. The molecule has 0 aliphatic carbocycles. The molecule has 0 saturated heterocycles. The van der Waals surface area contributed by atoms with Crippen molar-refractivity contribution in [3.8, 4) is 11.5 Å². The van der Waals surface area contributed by atoms with Gasteiger partial charge in [-0.05, 0) is 60.5 Å². The summed E-state index contributed by atoms with van der Waals surface area (Å²) < 4.78 is 24.2. The van der Waals surface area contributed by atoms with E-state index in [0.29, 0.717) is 35.7 Å². The molecule has 0 saturated carbocycles. The molecule has 3 rings (SSSR count). The van der Waals surface area contributed by atoms with Crippen LogP contribution in [0, 0.1) is 5.82 Å². The van der Waals surface area contributed by atoms with Gasteiger partial charge in [-0.1, -0.05) is 18.2 Å². The molecule has 0 fully saturated rings. The molecule has 0 heterocycles. The number of carbonyl (C=O) groups is 1. The molecular weight excluding hydrogens is 371 g/mol. The molecule has 0 radical (unpaired) electrons. The lowest BCUT2D eigenvalue weighted by Crippen LogP contribution is -2.12. The molecule has 0 unspecified atom stereocenters. The Labute approximate surface area is 169 Å². The maximum absolute atomic E-state index is 13.7. The van der Waals surface area contributed by atoms with E-state index in [-0.39, 0.29) is 11.7 Å². The summed E-state index contributed by atoms with van der Waals surface area (Å²) in [5.74, 6) is 0.891. The van der Waals surface area contributed by atoms with Crippen molar-refractivity contribution in [3.05, 3.63) is 78.1 Å². The summed E-state index contributed by atoms with van der Waals surface area (Å²) >= 11 is 0. The molecule has 0 aromatic heterocycles. The van der Waals surface area contributed by atoms with Crippen LogP contribution in [-0.2, 0) is 11.2 Å². The van der Waals surface area contributed by atoms with Gasteiger partial charge in [-0.2, -0.15) is 0 Å². The standard InChI is InChI=1S/C23H23FN2O3/c1-28-21-13-7-16(15-22(21)29-2)8-14-23(27)26-18-11-9-17(10-12-18)25-20-6-4-3-5-19(20)24/h3-7,9-13,15,25H,8,14H2,1-2H3,(H,26,27). The second-order valence-electron chi connectivity index (χ2n) is 6.42. The lowest BCUT2D eigenvalue weighted by Gasteiger charge is -2.10. The first kappa shape index (κ1) is 20.2. The van der Waals surface area contributed by atoms with Crippen LogP contribution in [0.2, 0.25) is 0 Å². The van der Waals surface area contributed by atoms with Crippen LogP contribution in [0.4, 0.5) is 21.5 Å². The molecule has 6 heteroatoms. The Balaban J connectivity index is 1.54. The Morgan fingerprint density at radius 1 is 0.897 bits per heavy atom. The van der Waals surface area contributed by atoms with Crippen LogP contribution in [0.3, 0.4) is 0 Å². The Kier molecular flexibility index (Phi) is 6.68. The zero-order valence-electron chi connectivity index (χ0n) is 16.4. The van der Waals surface area contributed by atoms with Crippen LogP contribution < -0.4 is 20.1 Å². The predicted octanol–water partition coefficient (Wildman–Crippen LogP) is 5.16. The Bertz CT molecular complexity index is 974. The number of nitrogens with one attached hydrogen (secondary N) is 2. The van der Waals surface area contributed by atoms with Gasteiger partial charge in [-0.3, -0.25) is 4.79 Å². The predicted molar refractivity (Wildman–Crippen MR) is 113 cm³/mol. The maximum Gasteiger partial charge on any atom is 0.224 e. The van der Waals surface area contributed by atoms with Gasteiger partial charge >= 0.3 is 0 Å². The van der Waals surface area contributed by atoms with Gasteiger partial charge in [0, 0.05) is 17.8 Å². The number of para-hydroxylation sites is 1. The van der Waals surface area contributed by atoms with Crippen LogP contribution in [0.25, 0.3) is 0 Å². The summed E-state index contributed by atoms with van der Waals surface area (Å²) in [6, 6.07) is 19.2.